The highest BCUT2D eigenvalue weighted by molar-refractivity contribution is 7.92. The lowest BCUT2D eigenvalue weighted by Crippen LogP contribution is -2.49. The maximum atomic E-state index is 13.5. The van der Waals surface area contributed by atoms with E-state index >= 15 is 0 Å². The van der Waals surface area contributed by atoms with Gasteiger partial charge < -0.3 is 5.32 Å². The van der Waals surface area contributed by atoms with Crippen molar-refractivity contribution < 1.29 is 17.6 Å². The number of rotatable bonds is 7. The topological polar surface area (TPSA) is 66.5 Å². The first-order valence-corrected chi connectivity index (χ1v) is 11.1. The highest BCUT2D eigenvalue weighted by Crippen LogP contribution is 2.27. The molecule has 1 amide bonds. The van der Waals surface area contributed by atoms with Crippen molar-refractivity contribution in [2.45, 2.75) is 39.3 Å². The van der Waals surface area contributed by atoms with Crippen molar-refractivity contribution in [3.05, 3.63) is 64.4 Å². The molecular weight excluding hydrogens is 403 g/mol. The molecule has 0 aliphatic carbocycles. The molecule has 152 valence electrons. The quantitative estimate of drug-likeness (QED) is 0.721. The predicted molar refractivity (Wildman–Crippen MR) is 111 cm³/mol. The van der Waals surface area contributed by atoms with Crippen LogP contribution in [0.2, 0.25) is 5.02 Å². The van der Waals surface area contributed by atoms with E-state index < -0.39 is 27.8 Å². The zero-order valence-electron chi connectivity index (χ0n) is 16.2. The number of hydrogen-bond donors (Lipinski definition) is 1. The average Bonchev–Trinajstić information content (AvgIpc) is 2.61. The third-order valence-electron chi connectivity index (χ3n) is 4.42. The number of nitrogens with zero attached hydrogens (tertiary/aromatic N) is 1. The van der Waals surface area contributed by atoms with Gasteiger partial charge in [0.05, 0.1) is 23.0 Å². The number of nitrogens with one attached hydrogen (secondary N) is 1. The number of hydrogen-bond acceptors (Lipinski definition) is 3. The van der Waals surface area contributed by atoms with E-state index in [9.17, 15) is 17.6 Å². The molecule has 0 saturated carbocycles. The lowest BCUT2D eigenvalue weighted by atomic mass is 10.1. The predicted octanol–water partition coefficient (Wildman–Crippen LogP) is 4.21. The van der Waals surface area contributed by atoms with Gasteiger partial charge in [0.2, 0.25) is 15.9 Å². The molecule has 0 radical (unpaired) electrons. The number of carbonyl (C=O) groups is 1. The maximum absolute atomic E-state index is 13.5. The summed E-state index contributed by atoms with van der Waals surface area (Å²) >= 11 is 5.82. The molecule has 2 aromatic carbocycles. The summed E-state index contributed by atoms with van der Waals surface area (Å²) in [5.41, 5.74) is 2.15. The van der Waals surface area contributed by atoms with Crippen LogP contribution >= 0.6 is 11.6 Å². The fraction of sp³-hybridized carbons (Fsp3) is 0.350. The van der Waals surface area contributed by atoms with Gasteiger partial charge in [-0.15, -0.1) is 0 Å². The van der Waals surface area contributed by atoms with Crippen molar-refractivity contribution in [1.29, 1.82) is 0 Å². The van der Waals surface area contributed by atoms with Crippen molar-refractivity contribution in [2.75, 3.05) is 10.6 Å². The van der Waals surface area contributed by atoms with E-state index in [0.29, 0.717) is 0 Å². The molecule has 0 spiro atoms. The third kappa shape index (κ3) is 5.23. The zero-order chi connectivity index (χ0) is 21.1. The van der Waals surface area contributed by atoms with E-state index in [0.717, 1.165) is 27.8 Å². The Kier molecular flexibility index (Phi) is 7.06. The van der Waals surface area contributed by atoms with Gasteiger partial charge in [-0.05, 0) is 44.0 Å². The Bertz CT molecular complexity index is 948. The first kappa shape index (κ1) is 22.2. The average molecular weight is 427 g/mol. The molecule has 0 saturated heterocycles. The van der Waals surface area contributed by atoms with Crippen molar-refractivity contribution in [2.24, 2.45) is 0 Å². The summed E-state index contributed by atoms with van der Waals surface area (Å²) < 4.78 is 39.4. The molecule has 2 rings (SSSR count). The first-order valence-electron chi connectivity index (χ1n) is 8.86. The summed E-state index contributed by atoms with van der Waals surface area (Å²) in [7, 11) is -3.82. The molecule has 0 aliphatic rings. The normalized spacial score (nSPS) is 13.6. The van der Waals surface area contributed by atoms with Gasteiger partial charge >= 0.3 is 0 Å². The summed E-state index contributed by atoms with van der Waals surface area (Å²) in [6.07, 6.45) is 1.23. The number of halogens is 2. The van der Waals surface area contributed by atoms with Gasteiger partial charge in [0.1, 0.15) is 11.9 Å². The first-order chi connectivity index (χ1) is 13.0. The van der Waals surface area contributed by atoms with Crippen molar-refractivity contribution in [1.82, 2.24) is 5.32 Å². The number of amides is 1. The van der Waals surface area contributed by atoms with E-state index in [1.165, 1.54) is 12.1 Å². The number of sulfonamides is 1. The van der Waals surface area contributed by atoms with Crippen LogP contribution in [0.15, 0.2) is 42.5 Å². The van der Waals surface area contributed by atoms with Crippen molar-refractivity contribution >= 4 is 33.2 Å². The SMILES string of the molecule is CC[C@H](C(=O)N[C@H](C)c1ccc(C)cc1)N(c1ccc(F)c(Cl)c1)S(C)(=O)=O. The molecule has 2 aromatic rings. The van der Waals surface area contributed by atoms with E-state index in [1.54, 1.807) is 6.92 Å². The second-order valence-electron chi connectivity index (χ2n) is 6.72. The van der Waals surface area contributed by atoms with Crippen LogP contribution in [0.25, 0.3) is 0 Å². The summed E-state index contributed by atoms with van der Waals surface area (Å²) in [6.45, 7) is 5.51. The molecule has 2 atom stereocenters. The number of carbonyl (C=O) groups excluding carboxylic acids is 1. The van der Waals surface area contributed by atoms with Crippen LogP contribution in [0.3, 0.4) is 0 Å². The van der Waals surface area contributed by atoms with E-state index in [1.807, 2.05) is 38.1 Å². The van der Waals surface area contributed by atoms with Gasteiger partial charge in [-0.2, -0.15) is 0 Å². The lowest BCUT2D eigenvalue weighted by molar-refractivity contribution is -0.122. The molecule has 0 heterocycles. The van der Waals surface area contributed by atoms with Gasteiger partial charge in [-0.3, -0.25) is 9.10 Å². The molecule has 5 nitrogen and oxygen atoms in total. The van der Waals surface area contributed by atoms with Crippen LogP contribution in [-0.2, 0) is 14.8 Å². The molecule has 0 aliphatic heterocycles. The van der Waals surface area contributed by atoms with Gasteiger partial charge in [-0.25, -0.2) is 12.8 Å². The zero-order valence-corrected chi connectivity index (χ0v) is 17.8. The van der Waals surface area contributed by atoms with E-state index in [2.05, 4.69) is 5.32 Å². The van der Waals surface area contributed by atoms with Crippen LogP contribution in [0, 0.1) is 12.7 Å². The highest BCUT2D eigenvalue weighted by Gasteiger charge is 2.32. The number of aryl methyl sites for hydroxylation is 1. The fourth-order valence-corrected chi connectivity index (χ4v) is 4.31. The smallest absolute Gasteiger partial charge is 0.244 e. The Hall–Kier alpha value is -2.12. The second kappa shape index (κ2) is 8.92. The van der Waals surface area contributed by atoms with Crippen LogP contribution < -0.4 is 9.62 Å². The maximum Gasteiger partial charge on any atom is 0.244 e. The molecular formula is C20H24ClFN2O3S. The Labute approximate surface area is 170 Å². The minimum atomic E-state index is -3.82. The molecule has 1 N–H and O–H groups in total. The highest BCUT2D eigenvalue weighted by atomic mass is 35.5. The summed E-state index contributed by atoms with van der Waals surface area (Å²) in [4.78, 5) is 12.9. The Morgan fingerprint density at radius 2 is 1.82 bits per heavy atom. The third-order valence-corrected chi connectivity index (χ3v) is 5.89. The van der Waals surface area contributed by atoms with Crippen molar-refractivity contribution in [3.63, 3.8) is 0 Å². The van der Waals surface area contributed by atoms with Crippen molar-refractivity contribution in [3.8, 4) is 0 Å². The minimum Gasteiger partial charge on any atom is -0.348 e. The molecule has 8 heteroatoms. The van der Waals surface area contributed by atoms with Gasteiger partial charge in [-0.1, -0.05) is 48.4 Å². The van der Waals surface area contributed by atoms with E-state index in [-0.39, 0.29) is 23.2 Å². The van der Waals surface area contributed by atoms with Crippen LogP contribution in [0.4, 0.5) is 10.1 Å². The van der Waals surface area contributed by atoms with Crippen LogP contribution in [0.5, 0.6) is 0 Å². The molecule has 0 unspecified atom stereocenters. The fourth-order valence-electron chi connectivity index (χ4n) is 2.93. The lowest BCUT2D eigenvalue weighted by Gasteiger charge is -2.31. The monoisotopic (exact) mass is 426 g/mol. The Morgan fingerprint density at radius 1 is 1.21 bits per heavy atom. The Morgan fingerprint density at radius 3 is 2.32 bits per heavy atom. The molecule has 0 fully saturated rings. The number of anilines is 1. The molecule has 28 heavy (non-hydrogen) atoms. The summed E-state index contributed by atoms with van der Waals surface area (Å²) in [5, 5.41) is 2.65. The molecule has 0 bridgehead atoms. The second-order valence-corrected chi connectivity index (χ2v) is 8.99. The number of benzene rings is 2. The molecule has 0 aromatic heterocycles. The van der Waals surface area contributed by atoms with E-state index in [4.69, 9.17) is 11.6 Å². The summed E-state index contributed by atoms with van der Waals surface area (Å²) in [5.74, 6) is -1.11. The minimum absolute atomic E-state index is 0.138. The van der Waals surface area contributed by atoms with Crippen LogP contribution in [0.1, 0.15) is 37.4 Å². The van der Waals surface area contributed by atoms with Gasteiger partial charge in [0.15, 0.2) is 0 Å². The Balaban J connectivity index is 2.33. The van der Waals surface area contributed by atoms with Gasteiger partial charge in [0.25, 0.3) is 0 Å². The standard InChI is InChI=1S/C20H24ClFN2O3S/c1-5-19(20(25)23-14(3)15-8-6-13(2)7-9-15)24(28(4,26)27)16-10-11-18(22)17(21)12-16/h6-12,14,19H,5H2,1-4H3,(H,23,25)/t14-,19-/m1/s1. The van der Waals surface area contributed by atoms with Gasteiger partial charge in [0, 0.05) is 0 Å². The van der Waals surface area contributed by atoms with Crippen LogP contribution in [-0.4, -0.2) is 26.6 Å². The summed E-state index contributed by atoms with van der Waals surface area (Å²) in [6, 6.07) is 9.99. The largest absolute Gasteiger partial charge is 0.348 e.